The molecule has 1 atom stereocenters. The van der Waals surface area contributed by atoms with Gasteiger partial charge in [-0.3, -0.25) is 4.90 Å². The molecule has 0 aromatic rings. The lowest BCUT2D eigenvalue weighted by molar-refractivity contribution is 0.0658. The van der Waals surface area contributed by atoms with Crippen molar-refractivity contribution in [2.45, 2.75) is 24.9 Å². The number of methoxy groups -OCH3 is 2. The van der Waals surface area contributed by atoms with Crippen LogP contribution in [0.5, 0.6) is 0 Å². The van der Waals surface area contributed by atoms with Crippen molar-refractivity contribution < 1.29 is 9.47 Å². The molecule has 1 saturated carbocycles. The van der Waals surface area contributed by atoms with Crippen molar-refractivity contribution in [1.29, 1.82) is 0 Å². The van der Waals surface area contributed by atoms with Gasteiger partial charge in [-0.05, 0) is 12.8 Å². The molecule has 84 valence electrons. The lowest BCUT2D eigenvalue weighted by atomic mass is 10.2. The molecule has 0 amide bonds. The van der Waals surface area contributed by atoms with E-state index in [2.05, 4.69) is 4.90 Å². The first kappa shape index (κ1) is 11.9. The lowest BCUT2D eigenvalue weighted by Crippen LogP contribution is -2.46. The smallest absolute Gasteiger partial charge is 0.0630 e. The SMILES string of the molecule is COCCN(C1CC1)C(CN)COC. The Kier molecular flexibility index (Phi) is 5.40. The quantitative estimate of drug-likeness (QED) is 0.605. The van der Waals surface area contributed by atoms with Gasteiger partial charge in [0, 0.05) is 39.4 Å². The van der Waals surface area contributed by atoms with E-state index in [1.54, 1.807) is 14.2 Å². The minimum absolute atomic E-state index is 0.350. The van der Waals surface area contributed by atoms with Crippen molar-refractivity contribution in [3.8, 4) is 0 Å². The first-order valence-electron chi connectivity index (χ1n) is 5.27. The maximum Gasteiger partial charge on any atom is 0.0630 e. The molecule has 0 spiro atoms. The molecule has 4 nitrogen and oxygen atoms in total. The van der Waals surface area contributed by atoms with Gasteiger partial charge in [-0.1, -0.05) is 0 Å². The Morgan fingerprint density at radius 1 is 1.36 bits per heavy atom. The summed E-state index contributed by atoms with van der Waals surface area (Å²) in [5.41, 5.74) is 5.73. The zero-order chi connectivity index (χ0) is 10.4. The molecule has 0 aliphatic heterocycles. The summed E-state index contributed by atoms with van der Waals surface area (Å²) >= 11 is 0. The van der Waals surface area contributed by atoms with Crippen LogP contribution in [0.2, 0.25) is 0 Å². The summed E-state index contributed by atoms with van der Waals surface area (Å²) in [4.78, 5) is 2.42. The molecule has 1 unspecified atom stereocenters. The van der Waals surface area contributed by atoms with E-state index >= 15 is 0 Å². The average Bonchev–Trinajstić information content (AvgIpc) is 3.00. The van der Waals surface area contributed by atoms with E-state index in [1.807, 2.05) is 0 Å². The fourth-order valence-electron chi connectivity index (χ4n) is 1.76. The molecule has 2 N–H and O–H groups in total. The van der Waals surface area contributed by atoms with Crippen LogP contribution in [0.4, 0.5) is 0 Å². The second-order valence-corrected chi connectivity index (χ2v) is 3.81. The first-order valence-corrected chi connectivity index (χ1v) is 5.27. The highest BCUT2D eigenvalue weighted by Crippen LogP contribution is 2.28. The molecule has 0 aromatic heterocycles. The molecular weight excluding hydrogens is 180 g/mol. The topological polar surface area (TPSA) is 47.7 Å². The Hall–Kier alpha value is -0.160. The molecule has 0 saturated heterocycles. The number of nitrogens with zero attached hydrogens (tertiary/aromatic N) is 1. The largest absolute Gasteiger partial charge is 0.383 e. The Labute approximate surface area is 86.3 Å². The van der Waals surface area contributed by atoms with Gasteiger partial charge < -0.3 is 15.2 Å². The normalized spacial score (nSPS) is 18.9. The third-order valence-corrected chi connectivity index (χ3v) is 2.67. The Balaban J connectivity index is 2.37. The van der Waals surface area contributed by atoms with E-state index in [0.717, 1.165) is 19.8 Å². The predicted octanol–water partition coefficient (Wildman–Crippen LogP) is 0.0709. The van der Waals surface area contributed by atoms with Crippen LogP contribution in [0.1, 0.15) is 12.8 Å². The summed E-state index contributed by atoms with van der Waals surface area (Å²) in [7, 11) is 3.46. The summed E-state index contributed by atoms with van der Waals surface area (Å²) < 4.78 is 10.3. The second-order valence-electron chi connectivity index (χ2n) is 3.81. The Bertz CT molecular complexity index is 151. The monoisotopic (exact) mass is 202 g/mol. The predicted molar refractivity (Wildman–Crippen MR) is 56.3 cm³/mol. The summed E-state index contributed by atoms with van der Waals surface area (Å²) in [6, 6.07) is 1.07. The van der Waals surface area contributed by atoms with Crippen molar-refractivity contribution >= 4 is 0 Å². The van der Waals surface area contributed by atoms with Gasteiger partial charge in [0.05, 0.1) is 13.2 Å². The van der Waals surface area contributed by atoms with Crippen LogP contribution in [-0.4, -0.2) is 57.5 Å². The highest BCUT2D eigenvalue weighted by Gasteiger charge is 2.32. The molecule has 14 heavy (non-hydrogen) atoms. The van der Waals surface area contributed by atoms with Crippen molar-refractivity contribution in [1.82, 2.24) is 4.90 Å². The van der Waals surface area contributed by atoms with Gasteiger partial charge in [0.2, 0.25) is 0 Å². The molecule has 4 heteroatoms. The van der Waals surface area contributed by atoms with Crippen LogP contribution in [0.3, 0.4) is 0 Å². The van der Waals surface area contributed by atoms with Crippen molar-refractivity contribution in [2.24, 2.45) is 5.73 Å². The van der Waals surface area contributed by atoms with Crippen LogP contribution in [0.15, 0.2) is 0 Å². The summed E-state index contributed by atoms with van der Waals surface area (Å²) in [6.07, 6.45) is 2.59. The van der Waals surface area contributed by atoms with Gasteiger partial charge in [-0.15, -0.1) is 0 Å². The number of ether oxygens (including phenoxy) is 2. The van der Waals surface area contributed by atoms with Crippen LogP contribution in [0, 0.1) is 0 Å². The van der Waals surface area contributed by atoms with Crippen LogP contribution >= 0.6 is 0 Å². The summed E-state index contributed by atoms with van der Waals surface area (Å²) in [5.74, 6) is 0. The van der Waals surface area contributed by atoms with Crippen LogP contribution in [-0.2, 0) is 9.47 Å². The number of nitrogens with two attached hydrogens (primary N) is 1. The standard InChI is InChI=1S/C10H22N2O2/c1-13-6-5-12(9-3-4-9)10(7-11)8-14-2/h9-10H,3-8,11H2,1-2H3. The number of rotatable bonds is 8. The van der Waals surface area contributed by atoms with Gasteiger partial charge >= 0.3 is 0 Å². The van der Waals surface area contributed by atoms with E-state index in [-0.39, 0.29) is 0 Å². The number of hydrogen-bond donors (Lipinski definition) is 1. The Morgan fingerprint density at radius 3 is 2.50 bits per heavy atom. The highest BCUT2D eigenvalue weighted by atomic mass is 16.5. The fraction of sp³-hybridized carbons (Fsp3) is 1.00. The molecule has 1 fully saturated rings. The van der Waals surface area contributed by atoms with Crippen molar-refractivity contribution in [2.75, 3.05) is 40.5 Å². The van der Waals surface area contributed by atoms with Gasteiger partial charge in [-0.25, -0.2) is 0 Å². The highest BCUT2D eigenvalue weighted by molar-refractivity contribution is 4.89. The van der Waals surface area contributed by atoms with Gasteiger partial charge in [0.1, 0.15) is 0 Å². The molecule has 1 aliphatic carbocycles. The van der Waals surface area contributed by atoms with Crippen LogP contribution in [0.25, 0.3) is 0 Å². The van der Waals surface area contributed by atoms with E-state index < -0.39 is 0 Å². The zero-order valence-corrected chi connectivity index (χ0v) is 9.24. The fourth-order valence-corrected chi connectivity index (χ4v) is 1.76. The van der Waals surface area contributed by atoms with E-state index in [1.165, 1.54) is 12.8 Å². The summed E-state index contributed by atoms with van der Waals surface area (Å²) in [5, 5.41) is 0. The second kappa shape index (κ2) is 6.35. The molecule has 1 aliphatic rings. The summed E-state index contributed by atoms with van der Waals surface area (Å²) in [6.45, 7) is 3.12. The third kappa shape index (κ3) is 3.53. The first-order chi connectivity index (χ1) is 6.83. The molecular formula is C10H22N2O2. The van der Waals surface area contributed by atoms with Crippen molar-refractivity contribution in [3.63, 3.8) is 0 Å². The molecule has 0 aromatic carbocycles. The van der Waals surface area contributed by atoms with Gasteiger partial charge in [0.25, 0.3) is 0 Å². The number of hydrogen-bond acceptors (Lipinski definition) is 4. The molecule has 0 radical (unpaired) electrons. The molecule has 0 heterocycles. The lowest BCUT2D eigenvalue weighted by Gasteiger charge is -2.30. The zero-order valence-electron chi connectivity index (χ0n) is 9.24. The average molecular weight is 202 g/mol. The maximum absolute atomic E-state index is 5.73. The van der Waals surface area contributed by atoms with Crippen LogP contribution < -0.4 is 5.73 Å². The van der Waals surface area contributed by atoms with Crippen molar-refractivity contribution in [3.05, 3.63) is 0 Å². The van der Waals surface area contributed by atoms with E-state index in [9.17, 15) is 0 Å². The minimum atomic E-state index is 0.350. The maximum atomic E-state index is 5.73. The Morgan fingerprint density at radius 2 is 2.07 bits per heavy atom. The molecule has 0 bridgehead atoms. The minimum Gasteiger partial charge on any atom is -0.383 e. The van der Waals surface area contributed by atoms with E-state index in [0.29, 0.717) is 18.6 Å². The third-order valence-electron chi connectivity index (χ3n) is 2.67. The van der Waals surface area contributed by atoms with E-state index in [4.69, 9.17) is 15.2 Å². The molecule has 1 rings (SSSR count). The van der Waals surface area contributed by atoms with Gasteiger partial charge in [0.15, 0.2) is 0 Å². The van der Waals surface area contributed by atoms with Gasteiger partial charge in [-0.2, -0.15) is 0 Å².